The van der Waals surface area contributed by atoms with Gasteiger partial charge in [-0.3, -0.25) is 9.89 Å². The molecule has 0 aliphatic carbocycles. The van der Waals surface area contributed by atoms with Crippen LogP contribution in [0.15, 0.2) is 47.0 Å². The Kier molecular flexibility index (Phi) is 7.79. The number of benzene rings is 1. The Hall–Kier alpha value is -2.84. The van der Waals surface area contributed by atoms with E-state index in [2.05, 4.69) is 55.0 Å². The van der Waals surface area contributed by atoms with Crippen LogP contribution in [0, 0.1) is 6.92 Å². The van der Waals surface area contributed by atoms with E-state index in [1.165, 1.54) is 12.1 Å². The average Bonchev–Trinajstić information content (AvgIpc) is 2.84. The normalized spacial score (nSPS) is 20.7. The maximum Gasteiger partial charge on any atom is 0.115 e. The Labute approximate surface area is 190 Å². The van der Waals surface area contributed by atoms with E-state index >= 15 is 0 Å². The van der Waals surface area contributed by atoms with Gasteiger partial charge in [0.1, 0.15) is 12.0 Å². The standard InChI is InChI=1S/C24H33N7O/c1-19-12-21(31-9-7-30(8-10-31)17-20-13-27-18-28-14-20)5-6-23(19)24(29-25)16-26-15-22-4-2-3-11-32-22/h5-6,12-14,16,18,22H,2-4,7-11,15,17,25H2,1H3/b26-16?,29-24+. The number of nitrogens with two attached hydrogens (primary N) is 1. The van der Waals surface area contributed by atoms with Gasteiger partial charge in [-0.15, -0.1) is 0 Å². The maximum absolute atomic E-state index is 5.75. The van der Waals surface area contributed by atoms with Crippen molar-refractivity contribution in [2.45, 2.75) is 38.8 Å². The first-order chi connectivity index (χ1) is 15.7. The van der Waals surface area contributed by atoms with Gasteiger partial charge in [-0.1, -0.05) is 6.07 Å². The lowest BCUT2D eigenvalue weighted by Crippen LogP contribution is -2.46. The topological polar surface area (TPSA) is 92.2 Å². The van der Waals surface area contributed by atoms with Crippen LogP contribution in [-0.2, 0) is 11.3 Å². The molecule has 8 nitrogen and oxygen atoms in total. The number of rotatable bonds is 7. The zero-order valence-corrected chi connectivity index (χ0v) is 18.9. The molecule has 170 valence electrons. The van der Waals surface area contributed by atoms with Crippen molar-refractivity contribution >= 4 is 17.6 Å². The number of aryl methyl sites for hydroxylation is 1. The van der Waals surface area contributed by atoms with E-state index in [9.17, 15) is 0 Å². The summed E-state index contributed by atoms with van der Waals surface area (Å²) in [5, 5.41) is 3.99. The van der Waals surface area contributed by atoms with Crippen LogP contribution in [0.5, 0.6) is 0 Å². The molecule has 2 aliphatic rings. The molecule has 1 aromatic carbocycles. The molecule has 0 bridgehead atoms. The maximum atomic E-state index is 5.75. The molecule has 0 amide bonds. The minimum Gasteiger partial charge on any atom is -0.376 e. The van der Waals surface area contributed by atoms with Crippen LogP contribution in [0.25, 0.3) is 0 Å². The quantitative estimate of drug-likeness (QED) is 0.408. The molecule has 1 aromatic heterocycles. The van der Waals surface area contributed by atoms with Crippen molar-refractivity contribution in [3.63, 3.8) is 0 Å². The van der Waals surface area contributed by atoms with Crippen molar-refractivity contribution in [3.05, 3.63) is 53.6 Å². The molecule has 32 heavy (non-hydrogen) atoms. The fourth-order valence-corrected chi connectivity index (χ4v) is 4.35. The Morgan fingerprint density at radius 1 is 1.19 bits per heavy atom. The second-order valence-corrected chi connectivity index (χ2v) is 8.51. The summed E-state index contributed by atoms with van der Waals surface area (Å²) < 4.78 is 5.75. The lowest BCUT2D eigenvalue weighted by molar-refractivity contribution is 0.0226. The summed E-state index contributed by atoms with van der Waals surface area (Å²) in [5.41, 5.74) is 5.27. The predicted molar refractivity (Wildman–Crippen MR) is 128 cm³/mol. The number of nitrogens with zero attached hydrogens (tertiary/aromatic N) is 6. The fourth-order valence-electron chi connectivity index (χ4n) is 4.35. The van der Waals surface area contributed by atoms with Gasteiger partial charge in [0.25, 0.3) is 0 Å². The minimum absolute atomic E-state index is 0.218. The van der Waals surface area contributed by atoms with Gasteiger partial charge in [0.2, 0.25) is 0 Å². The van der Waals surface area contributed by atoms with Gasteiger partial charge in [-0.05, 0) is 43.9 Å². The first kappa shape index (κ1) is 22.4. The summed E-state index contributed by atoms with van der Waals surface area (Å²) in [6.07, 6.45) is 10.8. The van der Waals surface area contributed by atoms with E-state index in [1.807, 2.05) is 12.4 Å². The van der Waals surface area contributed by atoms with Gasteiger partial charge < -0.3 is 15.5 Å². The summed E-state index contributed by atoms with van der Waals surface area (Å²) in [4.78, 5) is 17.7. The van der Waals surface area contributed by atoms with Gasteiger partial charge in [-0.2, -0.15) is 5.10 Å². The number of anilines is 1. The summed E-state index contributed by atoms with van der Waals surface area (Å²) in [5.74, 6) is 5.69. The molecule has 2 N–H and O–H groups in total. The van der Waals surface area contributed by atoms with Gasteiger partial charge in [-0.25, -0.2) is 9.97 Å². The number of hydrogen-bond acceptors (Lipinski definition) is 8. The van der Waals surface area contributed by atoms with E-state index in [4.69, 9.17) is 10.6 Å². The third kappa shape index (κ3) is 5.89. The van der Waals surface area contributed by atoms with Crippen LogP contribution in [0.2, 0.25) is 0 Å². The highest BCUT2D eigenvalue weighted by molar-refractivity contribution is 6.38. The largest absolute Gasteiger partial charge is 0.376 e. The highest BCUT2D eigenvalue weighted by Crippen LogP contribution is 2.22. The van der Waals surface area contributed by atoms with E-state index in [1.54, 1.807) is 12.5 Å². The first-order valence-electron chi connectivity index (χ1n) is 11.4. The number of ether oxygens (including phenoxy) is 1. The molecule has 3 heterocycles. The molecule has 4 rings (SSSR count). The van der Waals surface area contributed by atoms with E-state index < -0.39 is 0 Å². The smallest absolute Gasteiger partial charge is 0.115 e. The summed E-state index contributed by atoms with van der Waals surface area (Å²) in [6, 6.07) is 6.48. The molecule has 0 saturated carbocycles. The zero-order chi connectivity index (χ0) is 22.2. The van der Waals surface area contributed by atoms with Crippen LogP contribution in [0.4, 0.5) is 5.69 Å². The number of aliphatic imine (C=N–C) groups is 1. The van der Waals surface area contributed by atoms with E-state index in [-0.39, 0.29) is 6.10 Å². The minimum atomic E-state index is 0.218. The Bertz CT molecular complexity index is 917. The van der Waals surface area contributed by atoms with Gasteiger partial charge in [0.15, 0.2) is 0 Å². The van der Waals surface area contributed by atoms with E-state index in [0.717, 1.165) is 68.9 Å². The highest BCUT2D eigenvalue weighted by atomic mass is 16.5. The van der Waals surface area contributed by atoms with Crippen LogP contribution < -0.4 is 10.7 Å². The molecule has 8 heteroatoms. The molecule has 2 aromatic rings. The van der Waals surface area contributed by atoms with Crippen LogP contribution in [0.1, 0.15) is 36.0 Å². The second-order valence-electron chi connectivity index (χ2n) is 8.51. The van der Waals surface area contributed by atoms with Crippen LogP contribution >= 0.6 is 0 Å². The molecule has 0 spiro atoms. The van der Waals surface area contributed by atoms with Crippen molar-refractivity contribution in [1.29, 1.82) is 0 Å². The van der Waals surface area contributed by atoms with Crippen molar-refractivity contribution in [2.75, 3.05) is 44.2 Å². The summed E-state index contributed by atoms with van der Waals surface area (Å²) >= 11 is 0. The molecule has 1 atom stereocenters. The number of hydrazone groups is 1. The number of aromatic nitrogens is 2. The van der Waals surface area contributed by atoms with Crippen molar-refractivity contribution in [1.82, 2.24) is 14.9 Å². The van der Waals surface area contributed by atoms with Crippen molar-refractivity contribution in [3.8, 4) is 0 Å². The second kappa shape index (κ2) is 11.2. The molecular weight excluding hydrogens is 402 g/mol. The number of hydrogen-bond donors (Lipinski definition) is 1. The molecule has 1 unspecified atom stereocenters. The van der Waals surface area contributed by atoms with Crippen LogP contribution in [0.3, 0.4) is 0 Å². The fraction of sp³-hybridized carbons (Fsp3) is 0.500. The molecule has 2 fully saturated rings. The Morgan fingerprint density at radius 2 is 2.00 bits per heavy atom. The van der Waals surface area contributed by atoms with Crippen molar-refractivity contribution < 1.29 is 4.74 Å². The molecule has 2 saturated heterocycles. The first-order valence-corrected chi connectivity index (χ1v) is 11.4. The van der Waals surface area contributed by atoms with Gasteiger partial charge >= 0.3 is 0 Å². The molecule has 0 radical (unpaired) electrons. The Balaban J connectivity index is 1.33. The average molecular weight is 436 g/mol. The lowest BCUT2D eigenvalue weighted by Gasteiger charge is -2.36. The van der Waals surface area contributed by atoms with Crippen molar-refractivity contribution in [2.24, 2.45) is 15.9 Å². The van der Waals surface area contributed by atoms with Crippen LogP contribution in [-0.4, -0.2) is 72.2 Å². The summed E-state index contributed by atoms with van der Waals surface area (Å²) in [6.45, 7) is 8.52. The van der Waals surface area contributed by atoms with E-state index in [0.29, 0.717) is 12.3 Å². The van der Waals surface area contributed by atoms with Gasteiger partial charge in [0.05, 0.1) is 12.6 Å². The molecule has 2 aliphatic heterocycles. The number of piperazine rings is 1. The molecular formula is C24H33N7O. The highest BCUT2D eigenvalue weighted by Gasteiger charge is 2.18. The zero-order valence-electron chi connectivity index (χ0n) is 18.9. The third-order valence-electron chi connectivity index (χ3n) is 6.18. The third-order valence-corrected chi connectivity index (χ3v) is 6.18. The Morgan fingerprint density at radius 3 is 2.69 bits per heavy atom. The predicted octanol–water partition coefficient (Wildman–Crippen LogP) is 2.41. The summed E-state index contributed by atoms with van der Waals surface area (Å²) in [7, 11) is 0. The monoisotopic (exact) mass is 435 g/mol. The lowest BCUT2D eigenvalue weighted by atomic mass is 10.0. The van der Waals surface area contributed by atoms with Gasteiger partial charge in [0, 0.05) is 74.8 Å². The SMILES string of the molecule is Cc1cc(N2CCN(Cc3cncnc3)CC2)ccc1/C(C=NCC1CCCCO1)=N/N.